The number of carbonyl (C=O) groups excluding carboxylic acids is 1. The molecule has 0 spiro atoms. The van der Waals surface area contributed by atoms with Gasteiger partial charge in [0.2, 0.25) is 5.91 Å². The number of nitriles is 1. The molecule has 0 bridgehead atoms. The Kier molecular flexibility index (Phi) is 4.61. The Hall–Kier alpha value is -1.61. The summed E-state index contributed by atoms with van der Waals surface area (Å²) in [4.78, 5) is 13.5. The molecule has 0 aromatic heterocycles. The Morgan fingerprint density at radius 1 is 1.50 bits per heavy atom. The van der Waals surface area contributed by atoms with Gasteiger partial charge in [0.05, 0.1) is 15.7 Å². The Balaban J connectivity index is 2.14. The summed E-state index contributed by atoms with van der Waals surface area (Å²) in [6.07, 6.45) is 1.41. The quantitative estimate of drug-likeness (QED) is 0.900. The van der Waals surface area contributed by atoms with Crippen LogP contribution in [0, 0.1) is 23.1 Å². The van der Waals surface area contributed by atoms with E-state index in [1.165, 1.54) is 0 Å². The minimum atomic E-state index is -0.414. The molecule has 0 saturated carbocycles. The molecule has 0 aliphatic carbocycles. The summed E-state index contributed by atoms with van der Waals surface area (Å²) < 4.78 is 14.4. The highest BCUT2D eigenvalue weighted by molar-refractivity contribution is 9.10. The van der Waals surface area contributed by atoms with E-state index in [0.717, 1.165) is 0 Å². The number of benzene rings is 1. The highest BCUT2D eigenvalue weighted by Gasteiger charge is 2.26. The molecule has 1 saturated heterocycles. The molecule has 1 aromatic rings. The van der Waals surface area contributed by atoms with E-state index in [2.05, 4.69) is 21.2 Å². The van der Waals surface area contributed by atoms with Crippen molar-refractivity contribution in [3.05, 3.63) is 28.0 Å². The lowest BCUT2D eigenvalue weighted by atomic mass is 9.95. The van der Waals surface area contributed by atoms with Crippen molar-refractivity contribution in [2.45, 2.75) is 12.8 Å². The van der Waals surface area contributed by atoms with Crippen LogP contribution in [0.4, 0.5) is 10.1 Å². The maximum absolute atomic E-state index is 14.2. The van der Waals surface area contributed by atoms with Crippen molar-refractivity contribution >= 4 is 27.5 Å². The van der Waals surface area contributed by atoms with Crippen LogP contribution in [0.1, 0.15) is 18.4 Å². The average Bonchev–Trinajstić information content (AvgIpc) is 2.49. The molecule has 1 N–H and O–H groups in total. The highest BCUT2D eigenvalue weighted by Crippen LogP contribution is 2.31. The van der Waals surface area contributed by atoms with Gasteiger partial charge in [-0.05, 0) is 40.9 Å². The van der Waals surface area contributed by atoms with E-state index in [1.807, 2.05) is 11.0 Å². The van der Waals surface area contributed by atoms with Crippen LogP contribution in [0.5, 0.6) is 0 Å². The maximum atomic E-state index is 14.2. The first kappa shape index (κ1) is 14.8. The van der Waals surface area contributed by atoms with Gasteiger partial charge in [-0.2, -0.15) is 5.26 Å². The Bertz CT molecular complexity index is 562. The van der Waals surface area contributed by atoms with Crippen molar-refractivity contribution in [2.24, 2.45) is 5.92 Å². The standard InChI is InChI=1S/C14H15BrFN3O/c1-18-14(20)9-4-6-19(7-5-9)11-3-2-10(8-17)12(15)13(11)16/h2-3,9H,4-7H2,1H3,(H,18,20). The fraction of sp³-hybridized carbons (Fsp3) is 0.429. The molecular formula is C14H15BrFN3O. The highest BCUT2D eigenvalue weighted by atomic mass is 79.9. The summed E-state index contributed by atoms with van der Waals surface area (Å²) in [6.45, 7) is 1.26. The predicted molar refractivity (Wildman–Crippen MR) is 77.8 cm³/mol. The predicted octanol–water partition coefficient (Wildman–Crippen LogP) is 2.42. The van der Waals surface area contributed by atoms with E-state index >= 15 is 0 Å². The van der Waals surface area contributed by atoms with Crippen LogP contribution in [0.25, 0.3) is 0 Å². The van der Waals surface area contributed by atoms with E-state index in [0.29, 0.717) is 31.6 Å². The lowest BCUT2D eigenvalue weighted by molar-refractivity contribution is -0.125. The van der Waals surface area contributed by atoms with Crippen LogP contribution in [-0.2, 0) is 4.79 Å². The van der Waals surface area contributed by atoms with E-state index in [1.54, 1.807) is 19.2 Å². The third kappa shape index (κ3) is 2.78. The average molecular weight is 340 g/mol. The second-order valence-electron chi connectivity index (χ2n) is 4.75. The first-order chi connectivity index (χ1) is 9.58. The molecule has 1 amide bonds. The van der Waals surface area contributed by atoms with Gasteiger partial charge in [-0.25, -0.2) is 4.39 Å². The number of halogens is 2. The first-order valence-corrected chi connectivity index (χ1v) is 7.22. The summed E-state index contributed by atoms with van der Waals surface area (Å²) in [5.41, 5.74) is 0.762. The molecule has 1 aliphatic rings. The van der Waals surface area contributed by atoms with Gasteiger partial charge in [0.1, 0.15) is 6.07 Å². The third-order valence-corrected chi connectivity index (χ3v) is 4.41. The maximum Gasteiger partial charge on any atom is 0.222 e. The van der Waals surface area contributed by atoms with Crippen LogP contribution in [0.15, 0.2) is 16.6 Å². The van der Waals surface area contributed by atoms with E-state index < -0.39 is 5.82 Å². The number of nitrogens with one attached hydrogen (secondary N) is 1. The van der Waals surface area contributed by atoms with Gasteiger partial charge in [-0.1, -0.05) is 0 Å². The zero-order valence-corrected chi connectivity index (χ0v) is 12.7. The summed E-state index contributed by atoms with van der Waals surface area (Å²) in [7, 11) is 1.63. The number of hydrogen-bond acceptors (Lipinski definition) is 3. The molecular weight excluding hydrogens is 325 g/mol. The van der Waals surface area contributed by atoms with E-state index in [9.17, 15) is 9.18 Å². The smallest absolute Gasteiger partial charge is 0.222 e. The summed E-state index contributed by atoms with van der Waals surface area (Å²) >= 11 is 3.12. The van der Waals surface area contributed by atoms with Gasteiger partial charge in [-0.3, -0.25) is 4.79 Å². The summed E-state index contributed by atoms with van der Waals surface area (Å²) in [5.74, 6) is -0.366. The molecule has 1 heterocycles. The number of carbonyl (C=O) groups is 1. The largest absolute Gasteiger partial charge is 0.369 e. The van der Waals surface area contributed by atoms with Crippen LogP contribution >= 0.6 is 15.9 Å². The topological polar surface area (TPSA) is 56.1 Å². The third-order valence-electron chi connectivity index (χ3n) is 3.64. The molecule has 20 heavy (non-hydrogen) atoms. The monoisotopic (exact) mass is 339 g/mol. The molecule has 1 fully saturated rings. The SMILES string of the molecule is CNC(=O)C1CCN(c2ccc(C#N)c(Br)c2F)CC1. The number of rotatable bonds is 2. The van der Waals surface area contributed by atoms with Gasteiger partial charge in [0.15, 0.2) is 5.82 Å². The van der Waals surface area contributed by atoms with Crippen molar-refractivity contribution in [1.82, 2.24) is 5.32 Å². The fourth-order valence-electron chi connectivity index (χ4n) is 2.46. The Labute approximate surface area is 125 Å². The molecule has 2 rings (SSSR count). The number of hydrogen-bond donors (Lipinski definition) is 1. The Morgan fingerprint density at radius 2 is 2.15 bits per heavy atom. The van der Waals surface area contributed by atoms with Gasteiger partial charge in [0, 0.05) is 26.1 Å². The molecule has 106 valence electrons. The first-order valence-electron chi connectivity index (χ1n) is 6.43. The van der Waals surface area contributed by atoms with Crippen LogP contribution in [-0.4, -0.2) is 26.0 Å². The molecule has 1 aliphatic heterocycles. The number of amides is 1. The van der Waals surface area contributed by atoms with Gasteiger partial charge >= 0.3 is 0 Å². The number of anilines is 1. The van der Waals surface area contributed by atoms with Crippen molar-refractivity contribution in [1.29, 1.82) is 5.26 Å². The number of piperidine rings is 1. The molecule has 0 unspecified atom stereocenters. The Morgan fingerprint density at radius 3 is 2.70 bits per heavy atom. The normalized spacial score (nSPS) is 15.8. The van der Waals surface area contributed by atoms with Crippen molar-refractivity contribution < 1.29 is 9.18 Å². The van der Waals surface area contributed by atoms with Gasteiger partial charge in [0.25, 0.3) is 0 Å². The second-order valence-corrected chi connectivity index (χ2v) is 5.54. The molecule has 0 radical (unpaired) electrons. The zero-order chi connectivity index (χ0) is 14.7. The molecule has 0 atom stereocenters. The molecule has 6 heteroatoms. The number of nitrogens with zero attached hydrogens (tertiary/aromatic N) is 2. The molecule has 4 nitrogen and oxygen atoms in total. The van der Waals surface area contributed by atoms with Crippen LogP contribution in [0.2, 0.25) is 0 Å². The van der Waals surface area contributed by atoms with E-state index in [-0.39, 0.29) is 21.9 Å². The van der Waals surface area contributed by atoms with Crippen LogP contribution in [0.3, 0.4) is 0 Å². The molecule has 1 aromatic carbocycles. The summed E-state index contributed by atoms with van der Waals surface area (Å²) in [5, 5.41) is 11.5. The summed E-state index contributed by atoms with van der Waals surface area (Å²) in [6, 6.07) is 5.17. The van der Waals surface area contributed by atoms with Gasteiger partial charge < -0.3 is 10.2 Å². The van der Waals surface area contributed by atoms with Crippen molar-refractivity contribution in [3.63, 3.8) is 0 Å². The lowest BCUT2D eigenvalue weighted by Crippen LogP contribution is -2.39. The van der Waals surface area contributed by atoms with Crippen molar-refractivity contribution in [2.75, 3.05) is 25.0 Å². The fourth-order valence-corrected chi connectivity index (χ4v) is 2.88. The minimum absolute atomic E-state index is 0.00105. The van der Waals surface area contributed by atoms with Crippen molar-refractivity contribution in [3.8, 4) is 6.07 Å². The van der Waals surface area contributed by atoms with Crippen LogP contribution < -0.4 is 10.2 Å². The zero-order valence-electron chi connectivity index (χ0n) is 11.1. The lowest BCUT2D eigenvalue weighted by Gasteiger charge is -2.33. The second kappa shape index (κ2) is 6.23. The van der Waals surface area contributed by atoms with Gasteiger partial charge in [-0.15, -0.1) is 0 Å². The van der Waals surface area contributed by atoms with E-state index in [4.69, 9.17) is 5.26 Å². The minimum Gasteiger partial charge on any atom is -0.369 e.